The smallest absolute Gasteiger partial charge is 0.337 e. The van der Waals surface area contributed by atoms with Crippen LogP contribution in [0.15, 0.2) is 66.2 Å². The van der Waals surface area contributed by atoms with Gasteiger partial charge in [-0.15, -0.1) is 0 Å². The molecule has 0 aliphatic rings. The second-order valence-corrected chi connectivity index (χ2v) is 8.52. The number of para-hydroxylation sites is 1. The number of nitrogens with one attached hydrogen (secondary N) is 1. The summed E-state index contributed by atoms with van der Waals surface area (Å²) in [6.45, 7) is 0.299. The summed E-state index contributed by atoms with van der Waals surface area (Å²) in [5, 5.41) is 21.9. The predicted molar refractivity (Wildman–Crippen MR) is 137 cm³/mol. The number of nitrogens with zero attached hydrogens (tertiary/aromatic N) is 1. The molecule has 0 aliphatic carbocycles. The van der Waals surface area contributed by atoms with Crippen LogP contribution < -0.4 is 14.8 Å². The van der Waals surface area contributed by atoms with Gasteiger partial charge in [-0.3, -0.25) is 4.79 Å². The number of carbonyl (C=O) groups is 2. The van der Waals surface area contributed by atoms with E-state index in [2.05, 4.69) is 27.9 Å². The number of benzene rings is 3. The molecule has 3 aromatic carbocycles. The summed E-state index contributed by atoms with van der Waals surface area (Å²) < 4.78 is 12.1. The normalized spacial score (nSPS) is 10.8. The van der Waals surface area contributed by atoms with Crippen molar-refractivity contribution in [2.24, 2.45) is 0 Å². The SMILES string of the molecule is COc1cc(/C=C(\C#N)C(=O)Nc2ccccc2C(=O)O)cc(I)c1OCc1ccc(Cl)cc1. The largest absolute Gasteiger partial charge is 0.493 e. The summed E-state index contributed by atoms with van der Waals surface area (Å²) in [6, 6.07) is 18.5. The summed E-state index contributed by atoms with van der Waals surface area (Å²) in [6.07, 6.45) is 1.40. The molecule has 9 heteroatoms. The third kappa shape index (κ3) is 6.27. The van der Waals surface area contributed by atoms with Crippen molar-refractivity contribution in [3.05, 3.63) is 91.5 Å². The molecular weight excluding hydrogens is 571 g/mol. The number of carbonyl (C=O) groups excluding carboxylic acids is 1. The Morgan fingerprint density at radius 2 is 1.88 bits per heavy atom. The van der Waals surface area contributed by atoms with Crippen LogP contribution in [0.4, 0.5) is 5.69 Å². The maximum atomic E-state index is 12.7. The first kappa shape index (κ1) is 25.1. The fourth-order valence-corrected chi connectivity index (χ4v) is 3.89. The average molecular weight is 589 g/mol. The molecule has 0 aromatic heterocycles. The molecule has 0 saturated carbocycles. The molecule has 1 amide bonds. The number of methoxy groups -OCH3 is 1. The average Bonchev–Trinajstić information content (AvgIpc) is 2.82. The molecule has 0 radical (unpaired) electrons. The van der Waals surface area contributed by atoms with E-state index in [1.807, 2.05) is 18.2 Å². The molecule has 0 saturated heterocycles. The highest BCUT2D eigenvalue weighted by Crippen LogP contribution is 2.35. The quantitative estimate of drug-likeness (QED) is 0.196. The third-order valence-corrected chi connectivity index (χ3v) is 5.68. The van der Waals surface area contributed by atoms with E-state index in [0.29, 0.717) is 32.3 Å². The van der Waals surface area contributed by atoms with E-state index in [-0.39, 0.29) is 16.8 Å². The van der Waals surface area contributed by atoms with Crippen LogP contribution in [-0.4, -0.2) is 24.1 Å². The lowest BCUT2D eigenvalue weighted by Crippen LogP contribution is -2.16. The Kier molecular flexibility index (Phi) is 8.51. The van der Waals surface area contributed by atoms with Crippen LogP contribution in [-0.2, 0) is 11.4 Å². The number of halogens is 2. The van der Waals surface area contributed by atoms with Crippen LogP contribution in [0.5, 0.6) is 11.5 Å². The Hall–Kier alpha value is -3.55. The fourth-order valence-electron chi connectivity index (χ4n) is 2.98. The Morgan fingerprint density at radius 1 is 1.18 bits per heavy atom. The summed E-state index contributed by atoms with van der Waals surface area (Å²) in [7, 11) is 1.49. The van der Waals surface area contributed by atoms with Gasteiger partial charge in [0.25, 0.3) is 5.91 Å². The highest BCUT2D eigenvalue weighted by atomic mass is 127. The lowest BCUT2D eigenvalue weighted by molar-refractivity contribution is -0.112. The molecule has 0 aliphatic heterocycles. The number of nitriles is 1. The fraction of sp³-hybridized carbons (Fsp3) is 0.0800. The van der Waals surface area contributed by atoms with Crippen LogP contribution in [0.3, 0.4) is 0 Å². The highest BCUT2D eigenvalue weighted by molar-refractivity contribution is 14.1. The maximum Gasteiger partial charge on any atom is 0.337 e. The zero-order chi connectivity index (χ0) is 24.7. The number of hydrogen-bond donors (Lipinski definition) is 2. The van der Waals surface area contributed by atoms with E-state index in [9.17, 15) is 20.0 Å². The molecule has 0 bridgehead atoms. The van der Waals surface area contributed by atoms with E-state index in [4.69, 9.17) is 21.1 Å². The van der Waals surface area contributed by atoms with Gasteiger partial charge in [0.1, 0.15) is 18.2 Å². The maximum absolute atomic E-state index is 12.7. The zero-order valence-electron chi connectivity index (χ0n) is 17.8. The van der Waals surface area contributed by atoms with Crippen LogP contribution in [0, 0.1) is 14.9 Å². The van der Waals surface area contributed by atoms with Gasteiger partial charge >= 0.3 is 5.97 Å². The first-order valence-corrected chi connectivity index (χ1v) is 11.3. The molecule has 34 heavy (non-hydrogen) atoms. The standard InChI is InChI=1S/C25H18ClIN2O5/c1-33-22-12-16(11-20(27)23(22)34-14-15-6-8-18(26)9-7-15)10-17(13-28)24(30)29-21-5-3-2-4-19(21)25(31)32/h2-12H,14H2,1H3,(H,29,30)(H,31,32)/b17-10+. The minimum Gasteiger partial charge on any atom is -0.493 e. The number of ether oxygens (including phenoxy) is 2. The van der Waals surface area contributed by atoms with Crippen LogP contribution in [0.1, 0.15) is 21.5 Å². The highest BCUT2D eigenvalue weighted by Gasteiger charge is 2.16. The molecule has 3 aromatic rings. The lowest BCUT2D eigenvalue weighted by atomic mass is 10.1. The van der Waals surface area contributed by atoms with Crippen molar-refractivity contribution < 1.29 is 24.2 Å². The summed E-state index contributed by atoms with van der Waals surface area (Å²) in [4.78, 5) is 24.0. The van der Waals surface area contributed by atoms with E-state index in [0.717, 1.165) is 5.56 Å². The minimum absolute atomic E-state index is 0.0773. The van der Waals surface area contributed by atoms with Crippen molar-refractivity contribution in [1.29, 1.82) is 5.26 Å². The second-order valence-electron chi connectivity index (χ2n) is 6.92. The van der Waals surface area contributed by atoms with Gasteiger partial charge in [0, 0.05) is 5.02 Å². The number of carboxylic acids is 1. The monoisotopic (exact) mass is 588 g/mol. The minimum atomic E-state index is -1.19. The van der Waals surface area contributed by atoms with Gasteiger partial charge in [-0.2, -0.15) is 5.26 Å². The summed E-state index contributed by atoms with van der Waals surface area (Å²) >= 11 is 8.00. The van der Waals surface area contributed by atoms with Crippen molar-refractivity contribution >= 4 is 57.8 Å². The van der Waals surface area contributed by atoms with Crippen molar-refractivity contribution in [3.63, 3.8) is 0 Å². The number of anilines is 1. The van der Waals surface area contributed by atoms with Gasteiger partial charge in [0.2, 0.25) is 0 Å². The number of aromatic carboxylic acids is 1. The van der Waals surface area contributed by atoms with Crippen molar-refractivity contribution in [2.75, 3.05) is 12.4 Å². The van der Waals surface area contributed by atoms with E-state index >= 15 is 0 Å². The molecule has 0 heterocycles. The van der Waals surface area contributed by atoms with Crippen molar-refractivity contribution in [3.8, 4) is 17.6 Å². The summed E-state index contributed by atoms with van der Waals surface area (Å²) in [5.41, 5.74) is 1.29. The van der Waals surface area contributed by atoms with Gasteiger partial charge in [-0.1, -0.05) is 35.9 Å². The van der Waals surface area contributed by atoms with Crippen molar-refractivity contribution in [1.82, 2.24) is 0 Å². The number of hydrogen-bond acceptors (Lipinski definition) is 5. The van der Waals surface area contributed by atoms with E-state index in [1.165, 1.54) is 25.3 Å². The number of carboxylic acid groups (broad SMARTS) is 1. The molecule has 0 atom stereocenters. The van der Waals surface area contributed by atoms with Gasteiger partial charge in [-0.05, 0) is 76.2 Å². The van der Waals surface area contributed by atoms with Crippen molar-refractivity contribution in [2.45, 2.75) is 6.61 Å². The van der Waals surface area contributed by atoms with Crippen LogP contribution in [0.25, 0.3) is 6.08 Å². The molecular formula is C25H18ClIN2O5. The van der Waals surface area contributed by atoms with Gasteiger partial charge < -0.3 is 19.9 Å². The topological polar surface area (TPSA) is 109 Å². The van der Waals surface area contributed by atoms with Gasteiger partial charge in [-0.25, -0.2) is 4.79 Å². The van der Waals surface area contributed by atoms with E-state index in [1.54, 1.807) is 36.4 Å². The molecule has 3 rings (SSSR count). The Balaban J connectivity index is 1.84. The van der Waals surface area contributed by atoms with Crippen LogP contribution in [0.2, 0.25) is 5.02 Å². The first-order chi connectivity index (χ1) is 16.3. The molecule has 172 valence electrons. The molecule has 7 nitrogen and oxygen atoms in total. The van der Waals surface area contributed by atoms with Gasteiger partial charge in [0.15, 0.2) is 11.5 Å². The molecule has 0 spiro atoms. The number of amides is 1. The summed E-state index contributed by atoms with van der Waals surface area (Å²) in [5.74, 6) is -0.963. The number of rotatable bonds is 8. The van der Waals surface area contributed by atoms with Crippen LogP contribution >= 0.6 is 34.2 Å². The second kappa shape index (κ2) is 11.5. The molecule has 0 fully saturated rings. The zero-order valence-corrected chi connectivity index (χ0v) is 20.8. The van der Waals surface area contributed by atoms with E-state index < -0.39 is 11.9 Å². The lowest BCUT2D eigenvalue weighted by Gasteiger charge is -2.14. The first-order valence-electron chi connectivity index (χ1n) is 9.82. The van der Waals surface area contributed by atoms with Gasteiger partial charge in [0.05, 0.1) is 21.9 Å². The Labute approximate surface area is 214 Å². The Morgan fingerprint density at radius 3 is 2.53 bits per heavy atom. The molecule has 0 unspecified atom stereocenters. The Bertz CT molecular complexity index is 1300. The third-order valence-electron chi connectivity index (χ3n) is 4.63. The predicted octanol–water partition coefficient (Wildman–Crippen LogP) is 5.78. The molecule has 2 N–H and O–H groups in total.